The second-order valence-corrected chi connectivity index (χ2v) is 3.57. The average molecular weight is 241 g/mol. The van der Waals surface area contributed by atoms with Gasteiger partial charge < -0.3 is 20.4 Å². The molecule has 1 aromatic carbocycles. The molecule has 0 spiro atoms. The highest BCUT2D eigenvalue weighted by atomic mass is 16.6. The van der Waals surface area contributed by atoms with Crippen molar-refractivity contribution in [2.24, 2.45) is 0 Å². The van der Waals surface area contributed by atoms with E-state index in [0.29, 0.717) is 11.4 Å². The summed E-state index contributed by atoms with van der Waals surface area (Å²) >= 11 is 0. The molecule has 1 aromatic rings. The van der Waals surface area contributed by atoms with Crippen LogP contribution in [0.5, 0.6) is 0 Å². The van der Waals surface area contributed by atoms with Crippen molar-refractivity contribution in [2.75, 3.05) is 30.9 Å². The van der Waals surface area contributed by atoms with Crippen molar-refractivity contribution in [3.63, 3.8) is 0 Å². The zero-order valence-electron chi connectivity index (χ0n) is 9.62. The van der Waals surface area contributed by atoms with E-state index >= 15 is 0 Å². The van der Waals surface area contributed by atoms with Crippen molar-refractivity contribution in [2.45, 2.75) is 6.29 Å². The molecule has 7 nitrogen and oxygen atoms in total. The van der Waals surface area contributed by atoms with Gasteiger partial charge in [-0.1, -0.05) is 0 Å². The molecule has 0 bridgehead atoms. The van der Waals surface area contributed by atoms with Gasteiger partial charge in [0.25, 0.3) is 5.69 Å². The summed E-state index contributed by atoms with van der Waals surface area (Å²) < 4.78 is 0. The van der Waals surface area contributed by atoms with Crippen LogP contribution in [0.2, 0.25) is 0 Å². The zero-order valence-corrected chi connectivity index (χ0v) is 9.62. The minimum atomic E-state index is -1.48. The fourth-order valence-corrected chi connectivity index (χ4v) is 1.47. The van der Waals surface area contributed by atoms with Crippen LogP contribution in [0.3, 0.4) is 0 Å². The maximum atomic E-state index is 10.8. The number of nitro groups is 1. The Morgan fingerprint density at radius 2 is 2.18 bits per heavy atom. The minimum Gasteiger partial charge on any atom is -0.383 e. The van der Waals surface area contributed by atoms with Gasteiger partial charge in [-0.2, -0.15) is 0 Å². The van der Waals surface area contributed by atoms with Crippen molar-refractivity contribution in [3.8, 4) is 0 Å². The highest BCUT2D eigenvalue weighted by Crippen LogP contribution is 2.28. The Labute approximate surface area is 98.4 Å². The van der Waals surface area contributed by atoms with Crippen LogP contribution in [0, 0.1) is 10.1 Å². The van der Waals surface area contributed by atoms with Gasteiger partial charge in [0.2, 0.25) is 0 Å². The molecular formula is C10H15N3O4. The highest BCUT2D eigenvalue weighted by Gasteiger charge is 2.15. The molecule has 0 aliphatic rings. The molecule has 94 valence electrons. The zero-order chi connectivity index (χ0) is 13.0. The van der Waals surface area contributed by atoms with E-state index in [1.54, 1.807) is 26.2 Å². The largest absolute Gasteiger partial charge is 0.383 e. The molecule has 1 rings (SSSR count). The lowest BCUT2D eigenvalue weighted by Crippen LogP contribution is -2.28. The van der Waals surface area contributed by atoms with Crippen molar-refractivity contribution < 1.29 is 15.1 Å². The molecule has 7 heteroatoms. The average Bonchev–Trinajstić information content (AvgIpc) is 2.27. The van der Waals surface area contributed by atoms with Crippen LogP contribution in [0.25, 0.3) is 0 Å². The van der Waals surface area contributed by atoms with Gasteiger partial charge in [-0.15, -0.1) is 0 Å². The smallest absolute Gasteiger partial charge is 0.294 e. The molecule has 0 aromatic heterocycles. The topological polar surface area (TPSA) is 98.9 Å². The summed E-state index contributed by atoms with van der Waals surface area (Å²) in [4.78, 5) is 11.9. The van der Waals surface area contributed by atoms with Gasteiger partial charge >= 0.3 is 0 Å². The Hall–Kier alpha value is -1.86. The van der Waals surface area contributed by atoms with Crippen LogP contribution in [-0.2, 0) is 0 Å². The summed E-state index contributed by atoms with van der Waals surface area (Å²) in [6.07, 6.45) is -1.48. The fourth-order valence-electron chi connectivity index (χ4n) is 1.47. The molecule has 0 fully saturated rings. The second kappa shape index (κ2) is 5.46. The maximum absolute atomic E-state index is 10.8. The standard InChI is InChI=1S/C10H15N3O4/c1-11-8-4-3-7(5-9(8)13(16)17)12(2)6-10(14)15/h3-5,10-11,14-15H,6H2,1-2H3. The van der Waals surface area contributed by atoms with Crippen LogP contribution in [0.15, 0.2) is 18.2 Å². The minimum absolute atomic E-state index is 0.0178. The van der Waals surface area contributed by atoms with E-state index in [9.17, 15) is 10.1 Å². The molecule has 0 aliphatic heterocycles. The van der Waals surface area contributed by atoms with Gasteiger partial charge in [-0.05, 0) is 12.1 Å². The summed E-state index contributed by atoms with van der Waals surface area (Å²) in [6.45, 7) is -0.0178. The molecule has 3 N–H and O–H groups in total. The van der Waals surface area contributed by atoms with E-state index in [-0.39, 0.29) is 12.2 Å². The number of aliphatic hydroxyl groups is 2. The summed E-state index contributed by atoms with van der Waals surface area (Å²) in [5.41, 5.74) is 0.907. The van der Waals surface area contributed by atoms with E-state index in [2.05, 4.69) is 5.32 Å². The first-order valence-corrected chi connectivity index (χ1v) is 4.99. The quantitative estimate of drug-likeness (QED) is 0.391. The molecular weight excluding hydrogens is 226 g/mol. The van der Waals surface area contributed by atoms with Crippen LogP contribution in [-0.4, -0.2) is 42.1 Å². The number of likely N-dealkylation sites (N-methyl/N-ethyl adjacent to an activating group) is 1. The maximum Gasteiger partial charge on any atom is 0.294 e. The number of anilines is 2. The third-order valence-corrected chi connectivity index (χ3v) is 2.33. The molecule has 0 amide bonds. The Balaban J connectivity index is 3.03. The molecule has 0 radical (unpaired) electrons. The SMILES string of the molecule is CNc1ccc(N(C)CC(O)O)cc1[N+](=O)[O-]. The Morgan fingerprint density at radius 1 is 1.53 bits per heavy atom. The lowest BCUT2D eigenvalue weighted by Gasteiger charge is -2.20. The van der Waals surface area contributed by atoms with E-state index in [4.69, 9.17) is 10.2 Å². The van der Waals surface area contributed by atoms with E-state index in [1.165, 1.54) is 11.0 Å². The van der Waals surface area contributed by atoms with Crippen LogP contribution < -0.4 is 10.2 Å². The Kier molecular flexibility index (Phi) is 4.24. The van der Waals surface area contributed by atoms with Gasteiger partial charge in [0, 0.05) is 25.8 Å². The fraction of sp³-hybridized carbons (Fsp3) is 0.400. The number of hydrogen-bond donors (Lipinski definition) is 3. The third-order valence-electron chi connectivity index (χ3n) is 2.33. The monoisotopic (exact) mass is 241 g/mol. The number of benzene rings is 1. The highest BCUT2D eigenvalue weighted by molar-refractivity contribution is 5.68. The predicted molar refractivity (Wildman–Crippen MR) is 64.1 cm³/mol. The van der Waals surface area contributed by atoms with Crippen LogP contribution in [0.1, 0.15) is 0 Å². The first-order valence-electron chi connectivity index (χ1n) is 4.99. The van der Waals surface area contributed by atoms with Crippen molar-refractivity contribution in [1.82, 2.24) is 0 Å². The summed E-state index contributed by atoms with van der Waals surface area (Å²) in [5.74, 6) is 0. The number of nitro benzene ring substituents is 1. The Morgan fingerprint density at radius 3 is 2.65 bits per heavy atom. The van der Waals surface area contributed by atoms with Crippen LogP contribution in [0.4, 0.5) is 17.1 Å². The van der Waals surface area contributed by atoms with Gasteiger partial charge in [-0.3, -0.25) is 10.1 Å². The van der Waals surface area contributed by atoms with Crippen LogP contribution >= 0.6 is 0 Å². The van der Waals surface area contributed by atoms with Crippen molar-refractivity contribution >= 4 is 17.1 Å². The summed E-state index contributed by atoms with van der Waals surface area (Å²) in [7, 11) is 3.22. The van der Waals surface area contributed by atoms with Gasteiger partial charge in [-0.25, -0.2) is 0 Å². The molecule has 0 heterocycles. The molecule has 17 heavy (non-hydrogen) atoms. The van der Waals surface area contributed by atoms with Crippen molar-refractivity contribution in [1.29, 1.82) is 0 Å². The first-order chi connectivity index (χ1) is 7.95. The van der Waals surface area contributed by atoms with E-state index in [0.717, 1.165) is 0 Å². The predicted octanol–water partition coefficient (Wildman–Crippen LogP) is 0.383. The number of hydrogen-bond acceptors (Lipinski definition) is 6. The number of aliphatic hydroxyl groups excluding tert-OH is 1. The Bertz CT molecular complexity index is 409. The van der Waals surface area contributed by atoms with E-state index in [1.807, 2.05) is 0 Å². The molecule has 0 unspecified atom stereocenters. The lowest BCUT2D eigenvalue weighted by molar-refractivity contribution is -0.383. The lowest BCUT2D eigenvalue weighted by atomic mass is 10.2. The van der Waals surface area contributed by atoms with E-state index < -0.39 is 11.2 Å². The summed E-state index contributed by atoms with van der Waals surface area (Å²) in [6, 6.07) is 4.63. The number of rotatable bonds is 5. The molecule has 0 aliphatic carbocycles. The molecule has 0 atom stereocenters. The first kappa shape index (κ1) is 13.2. The third kappa shape index (κ3) is 3.30. The number of nitrogens with one attached hydrogen (secondary N) is 1. The second-order valence-electron chi connectivity index (χ2n) is 3.57. The molecule has 0 saturated carbocycles. The van der Waals surface area contributed by atoms with Gasteiger partial charge in [0.05, 0.1) is 11.5 Å². The number of nitrogens with zero attached hydrogens (tertiary/aromatic N) is 2. The van der Waals surface area contributed by atoms with Gasteiger partial charge in [0.15, 0.2) is 6.29 Å². The molecule has 0 saturated heterocycles. The van der Waals surface area contributed by atoms with Gasteiger partial charge in [0.1, 0.15) is 5.69 Å². The normalized spacial score (nSPS) is 10.4. The summed E-state index contributed by atoms with van der Waals surface area (Å²) in [5, 5.41) is 31.2. The van der Waals surface area contributed by atoms with Crippen molar-refractivity contribution in [3.05, 3.63) is 28.3 Å².